The van der Waals surface area contributed by atoms with E-state index in [1.165, 1.54) is 154 Å². The third-order valence-electron chi connectivity index (χ3n) is 10.2. The van der Waals surface area contributed by atoms with Gasteiger partial charge in [0.15, 0.2) is 0 Å². The van der Waals surface area contributed by atoms with E-state index in [0.29, 0.717) is 17.4 Å². The average Bonchev–Trinajstić information content (AvgIpc) is 3.12. The molecule has 3 atom stereocenters. The van der Waals surface area contributed by atoms with Crippen molar-refractivity contribution in [1.82, 2.24) is 5.32 Å². The molecular formula is C45H90N2O6P+. The van der Waals surface area contributed by atoms with Gasteiger partial charge in [0.05, 0.1) is 39.9 Å². The molecule has 0 spiro atoms. The van der Waals surface area contributed by atoms with Crippen molar-refractivity contribution in [3.63, 3.8) is 0 Å². The second-order valence-electron chi connectivity index (χ2n) is 16.8. The zero-order valence-electron chi connectivity index (χ0n) is 36.2. The lowest BCUT2D eigenvalue weighted by atomic mass is 10.0. The summed E-state index contributed by atoms with van der Waals surface area (Å²) in [6.07, 6.45) is 44.0. The van der Waals surface area contributed by atoms with Crippen molar-refractivity contribution in [1.29, 1.82) is 0 Å². The molecule has 0 aromatic carbocycles. The van der Waals surface area contributed by atoms with E-state index in [-0.39, 0.29) is 25.5 Å². The summed E-state index contributed by atoms with van der Waals surface area (Å²) in [5.41, 5.74) is 0. The van der Waals surface area contributed by atoms with Crippen LogP contribution in [0.15, 0.2) is 24.3 Å². The number of hydrogen-bond donors (Lipinski definition) is 3. The molecule has 8 nitrogen and oxygen atoms in total. The molecule has 0 aromatic heterocycles. The Morgan fingerprint density at radius 2 is 1.00 bits per heavy atom. The molecule has 54 heavy (non-hydrogen) atoms. The highest BCUT2D eigenvalue weighted by Gasteiger charge is 2.27. The van der Waals surface area contributed by atoms with Crippen LogP contribution in [-0.4, -0.2) is 73.4 Å². The van der Waals surface area contributed by atoms with Gasteiger partial charge in [0.1, 0.15) is 13.2 Å². The number of allylic oxidation sites excluding steroid dienone is 3. The normalized spacial score (nSPS) is 14.6. The molecule has 0 aromatic rings. The average molecular weight is 786 g/mol. The van der Waals surface area contributed by atoms with Crippen LogP contribution < -0.4 is 5.32 Å². The Kier molecular flexibility index (Phi) is 36.8. The number of phosphoric ester groups is 1. The van der Waals surface area contributed by atoms with E-state index >= 15 is 0 Å². The molecule has 0 heterocycles. The fraction of sp³-hybridized carbons (Fsp3) is 0.889. The Labute approximate surface area is 334 Å². The lowest BCUT2D eigenvalue weighted by Crippen LogP contribution is -2.45. The van der Waals surface area contributed by atoms with Gasteiger partial charge in [0.25, 0.3) is 0 Å². The molecular weight excluding hydrogens is 695 g/mol. The Balaban J connectivity index is 4.40. The predicted molar refractivity (Wildman–Crippen MR) is 231 cm³/mol. The first-order chi connectivity index (χ1) is 26.0. The maximum atomic E-state index is 12.8. The van der Waals surface area contributed by atoms with Crippen LogP contribution in [0, 0.1) is 0 Å². The number of quaternary nitrogens is 1. The third-order valence-corrected chi connectivity index (χ3v) is 11.2. The van der Waals surface area contributed by atoms with Crippen LogP contribution in [0.5, 0.6) is 0 Å². The number of amides is 1. The standard InChI is InChI=1S/C45H89N2O6P/c1-6-8-10-12-14-16-18-20-21-22-23-24-25-27-29-31-33-35-37-39-45(49)46-43(42-53-54(50,51)52-41-40-47(3,4)5)44(48)38-36-34-32-30-28-26-19-17-15-13-11-9-7-2/h33,35-36,38,43-44,48H,6-32,34,37,39-42H2,1-5H3,(H-,46,49,50,51)/p+1/b35-33-,38-36+/t43-,44+/m1/s1. The van der Waals surface area contributed by atoms with Gasteiger partial charge in [-0.1, -0.05) is 192 Å². The van der Waals surface area contributed by atoms with Crippen molar-refractivity contribution in [2.24, 2.45) is 0 Å². The van der Waals surface area contributed by atoms with E-state index in [0.717, 1.165) is 25.7 Å². The number of nitrogens with zero attached hydrogens (tertiary/aromatic N) is 1. The Morgan fingerprint density at radius 1 is 0.611 bits per heavy atom. The molecule has 0 fully saturated rings. The quantitative estimate of drug-likeness (QED) is 0.0247. The number of unbranched alkanes of at least 4 members (excludes halogenated alkanes) is 26. The molecule has 0 aliphatic carbocycles. The highest BCUT2D eigenvalue weighted by molar-refractivity contribution is 7.47. The summed E-state index contributed by atoms with van der Waals surface area (Å²) in [6.45, 7) is 4.79. The summed E-state index contributed by atoms with van der Waals surface area (Å²) in [6, 6.07) is -0.863. The topological polar surface area (TPSA) is 105 Å². The van der Waals surface area contributed by atoms with Gasteiger partial charge in [-0.15, -0.1) is 0 Å². The summed E-state index contributed by atoms with van der Waals surface area (Å²) in [7, 11) is 1.56. The molecule has 0 bridgehead atoms. The number of phosphoric acid groups is 1. The van der Waals surface area contributed by atoms with Crippen LogP contribution in [0.3, 0.4) is 0 Å². The fourth-order valence-corrected chi connectivity index (χ4v) is 7.26. The van der Waals surface area contributed by atoms with Crippen LogP contribution in [0.1, 0.15) is 206 Å². The van der Waals surface area contributed by atoms with E-state index in [1.807, 2.05) is 27.2 Å². The molecule has 3 N–H and O–H groups in total. The van der Waals surface area contributed by atoms with Crippen LogP contribution in [0.25, 0.3) is 0 Å². The summed E-state index contributed by atoms with van der Waals surface area (Å²) in [4.78, 5) is 23.1. The highest BCUT2D eigenvalue weighted by Crippen LogP contribution is 2.43. The molecule has 1 unspecified atom stereocenters. The molecule has 0 saturated heterocycles. The zero-order valence-corrected chi connectivity index (χ0v) is 37.1. The van der Waals surface area contributed by atoms with Gasteiger partial charge in [-0.3, -0.25) is 13.8 Å². The fourth-order valence-electron chi connectivity index (χ4n) is 6.53. The van der Waals surface area contributed by atoms with Crippen molar-refractivity contribution in [3.8, 4) is 0 Å². The number of rotatable bonds is 41. The van der Waals surface area contributed by atoms with E-state index < -0.39 is 20.0 Å². The number of carbonyl (C=O) groups is 1. The van der Waals surface area contributed by atoms with Crippen LogP contribution in [0.4, 0.5) is 0 Å². The molecule has 1 amide bonds. The molecule has 0 aliphatic rings. The summed E-state index contributed by atoms with van der Waals surface area (Å²) >= 11 is 0. The maximum absolute atomic E-state index is 12.8. The summed E-state index contributed by atoms with van der Waals surface area (Å²) in [5.74, 6) is -0.225. The first-order valence-electron chi connectivity index (χ1n) is 22.7. The van der Waals surface area contributed by atoms with Crippen molar-refractivity contribution in [2.45, 2.75) is 219 Å². The Morgan fingerprint density at radius 3 is 1.43 bits per heavy atom. The highest BCUT2D eigenvalue weighted by atomic mass is 31.2. The Hall–Kier alpha value is -1.02. The maximum Gasteiger partial charge on any atom is 0.472 e. The molecule has 0 rings (SSSR count). The molecule has 0 aliphatic heterocycles. The van der Waals surface area contributed by atoms with E-state index in [4.69, 9.17) is 9.05 Å². The molecule has 0 radical (unpaired) electrons. The van der Waals surface area contributed by atoms with Crippen LogP contribution >= 0.6 is 7.82 Å². The predicted octanol–water partition coefficient (Wildman–Crippen LogP) is 12.5. The number of aliphatic hydroxyl groups excluding tert-OH is 1. The SMILES string of the molecule is CCCCCCCCCCCCC/C=C/[C@H](O)[C@@H](COP(=O)(O)OCC[N+](C)(C)C)NC(=O)CC/C=C\CCCCCCCCCCCCCCCCC. The third kappa shape index (κ3) is 39.2. The second-order valence-corrected chi connectivity index (χ2v) is 18.2. The molecule has 320 valence electrons. The minimum absolute atomic E-state index is 0.0570. The van der Waals surface area contributed by atoms with Gasteiger partial charge in [-0.2, -0.15) is 0 Å². The van der Waals surface area contributed by atoms with Gasteiger partial charge in [-0.05, 0) is 32.1 Å². The second kappa shape index (κ2) is 37.6. The smallest absolute Gasteiger partial charge is 0.387 e. The number of carbonyl (C=O) groups excluding carboxylic acids is 1. The lowest BCUT2D eigenvalue weighted by molar-refractivity contribution is -0.870. The first-order valence-corrected chi connectivity index (χ1v) is 24.2. The molecule has 9 heteroatoms. The first kappa shape index (κ1) is 53.0. The van der Waals surface area contributed by atoms with Crippen molar-refractivity contribution >= 4 is 13.7 Å². The van der Waals surface area contributed by atoms with Crippen LogP contribution in [0.2, 0.25) is 0 Å². The summed E-state index contributed by atoms with van der Waals surface area (Å²) in [5, 5.41) is 13.8. The van der Waals surface area contributed by atoms with Gasteiger partial charge in [0.2, 0.25) is 5.91 Å². The monoisotopic (exact) mass is 786 g/mol. The largest absolute Gasteiger partial charge is 0.472 e. The van der Waals surface area contributed by atoms with Crippen LogP contribution in [-0.2, 0) is 18.4 Å². The summed E-state index contributed by atoms with van der Waals surface area (Å²) < 4.78 is 23.5. The van der Waals surface area contributed by atoms with E-state index in [2.05, 4.69) is 31.3 Å². The van der Waals surface area contributed by atoms with Gasteiger partial charge in [0, 0.05) is 6.42 Å². The van der Waals surface area contributed by atoms with Crippen molar-refractivity contribution in [2.75, 3.05) is 40.9 Å². The van der Waals surface area contributed by atoms with E-state index in [9.17, 15) is 19.4 Å². The zero-order chi connectivity index (χ0) is 40.0. The van der Waals surface area contributed by atoms with Gasteiger partial charge < -0.3 is 19.8 Å². The van der Waals surface area contributed by atoms with Gasteiger partial charge >= 0.3 is 7.82 Å². The van der Waals surface area contributed by atoms with Crippen molar-refractivity contribution < 1.29 is 32.9 Å². The number of likely N-dealkylation sites (N-methyl/N-ethyl adjacent to an activating group) is 1. The number of nitrogens with one attached hydrogen (secondary N) is 1. The van der Waals surface area contributed by atoms with Gasteiger partial charge in [-0.25, -0.2) is 4.57 Å². The number of aliphatic hydroxyl groups is 1. The molecule has 0 saturated carbocycles. The van der Waals surface area contributed by atoms with E-state index in [1.54, 1.807) is 6.08 Å². The minimum Gasteiger partial charge on any atom is -0.387 e. The number of hydrogen-bond acceptors (Lipinski definition) is 5. The minimum atomic E-state index is -4.34. The lowest BCUT2D eigenvalue weighted by Gasteiger charge is -2.25. The Bertz CT molecular complexity index is 938. The van der Waals surface area contributed by atoms with Crippen molar-refractivity contribution in [3.05, 3.63) is 24.3 Å².